The first-order chi connectivity index (χ1) is 6.31. The molecule has 13 heavy (non-hydrogen) atoms. The minimum Gasteiger partial charge on any atom is -0.478 e. The molecule has 1 aliphatic rings. The Kier molecular flexibility index (Phi) is 2.02. The van der Waals surface area contributed by atoms with Crippen LogP contribution in [-0.2, 0) is 0 Å². The third-order valence-corrected chi connectivity index (χ3v) is 2.26. The van der Waals surface area contributed by atoms with Crippen molar-refractivity contribution in [3.05, 3.63) is 29.3 Å². The lowest BCUT2D eigenvalue weighted by molar-refractivity contribution is 0.112. The summed E-state index contributed by atoms with van der Waals surface area (Å²) in [6, 6.07) is 5.80. The number of rotatable bonds is 1. The summed E-state index contributed by atoms with van der Waals surface area (Å²) < 4.78 is 5.37. The van der Waals surface area contributed by atoms with Crippen LogP contribution in [0.15, 0.2) is 18.2 Å². The maximum atomic E-state index is 10.5. The van der Waals surface area contributed by atoms with Crippen LogP contribution in [0.25, 0.3) is 0 Å². The van der Waals surface area contributed by atoms with Crippen LogP contribution < -0.4 is 10.1 Å². The van der Waals surface area contributed by atoms with E-state index in [1.165, 1.54) is 0 Å². The summed E-state index contributed by atoms with van der Waals surface area (Å²) >= 11 is 0. The number of carbonyl (C=O) groups is 1. The van der Waals surface area contributed by atoms with E-state index in [-0.39, 0.29) is 0 Å². The van der Waals surface area contributed by atoms with Gasteiger partial charge in [0.1, 0.15) is 18.8 Å². The van der Waals surface area contributed by atoms with E-state index < -0.39 is 0 Å². The summed E-state index contributed by atoms with van der Waals surface area (Å²) in [5, 5.41) is 3.17. The molecule has 0 amide bonds. The molecule has 1 aliphatic heterocycles. The normalized spacial score (nSPS) is 20.2. The molecule has 1 unspecified atom stereocenters. The molecule has 1 aromatic rings. The zero-order valence-electron chi connectivity index (χ0n) is 7.41. The molecule has 0 aliphatic carbocycles. The van der Waals surface area contributed by atoms with Crippen molar-refractivity contribution in [2.45, 2.75) is 13.0 Å². The predicted molar refractivity (Wildman–Crippen MR) is 48.9 cm³/mol. The van der Waals surface area contributed by atoms with Gasteiger partial charge in [-0.2, -0.15) is 0 Å². The van der Waals surface area contributed by atoms with E-state index in [1.807, 2.05) is 6.07 Å². The fraction of sp³-hybridized carbons (Fsp3) is 0.300. The summed E-state index contributed by atoms with van der Waals surface area (Å²) in [6.07, 6.45) is 0.830. The Hall–Kier alpha value is -1.35. The van der Waals surface area contributed by atoms with Gasteiger partial charge in [0, 0.05) is 17.2 Å². The SMILES string of the molecule is CC1NCOc2cc(C=O)ccc21. The Morgan fingerprint density at radius 1 is 1.62 bits per heavy atom. The minimum absolute atomic E-state index is 0.296. The summed E-state index contributed by atoms with van der Waals surface area (Å²) in [5.74, 6) is 0.816. The van der Waals surface area contributed by atoms with Crippen molar-refractivity contribution < 1.29 is 9.53 Å². The average molecular weight is 177 g/mol. The molecule has 0 saturated heterocycles. The maximum Gasteiger partial charge on any atom is 0.150 e. The van der Waals surface area contributed by atoms with Crippen molar-refractivity contribution in [3.8, 4) is 5.75 Å². The molecule has 0 radical (unpaired) electrons. The second-order valence-corrected chi connectivity index (χ2v) is 3.13. The van der Waals surface area contributed by atoms with Crippen LogP contribution in [0.2, 0.25) is 0 Å². The van der Waals surface area contributed by atoms with E-state index in [1.54, 1.807) is 12.1 Å². The number of carbonyl (C=O) groups excluding carboxylic acids is 1. The molecule has 0 bridgehead atoms. The molecular weight excluding hydrogens is 166 g/mol. The van der Waals surface area contributed by atoms with Crippen molar-refractivity contribution in [2.75, 3.05) is 6.73 Å². The molecule has 0 fully saturated rings. The molecule has 1 N–H and O–H groups in total. The molecule has 1 atom stereocenters. The second kappa shape index (κ2) is 3.18. The summed E-state index contributed by atoms with van der Waals surface area (Å²) in [4.78, 5) is 10.5. The fourth-order valence-corrected chi connectivity index (χ4v) is 1.46. The number of benzene rings is 1. The van der Waals surface area contributed by atoms with E-state index in [0.717, 1.165) is 17.6 Å². The topological polar surface area (TPSA) is 38.3 Å². The quantitative estimate of drug-likeness (QED) is 0.660. The Morgan fingerprint density at radius 2 is 2.46 bits per heavy atom. The Labute approximate surface area is 76.7 Å². The molecule has 68 valence electrons. The lowest BCUT2D eigenvalue weighted by Gasteiger charge is -2.24. The smallest absolute Gasteiger partial charge is 0.150 e. The standard InChI is InChI=1S/C10H11NO2/c1-7-9-3-2-8(5-12)4-10(9)13-6-11-7/h2-5,7,11H,6H2,1H3. The van der Waals surface area contributed by atoms with Crippen molar-refractivity contribution in [1.29, 1.82) is 0 Å². The minimum atomic E-state index is 0.296. The lowest BCUT2D eigenvalue weighted by Crippen LogP contribution is -2.29. The monoisotopic (exact) mass is 177 g/mol. The van der Waals surface area contributed by atoms with E-state index in [2.05, 4.69) is 12.2 Å². The molecule has 0 spiro atoms. The van der Waals surface area contributed by atoms with Crippen LogP contribution in [-0.4, -0.2) is 13.0 Å². The van der Waals surface area contributed by atoms with E-state index in [4.69, 9.17) is 4.74 Å². The molecule has 3 heteroatoms. The molecule has 3 nitrogen and oxygen atoms in total. The fourth-order valence-electron chi connectivity index (χ4n) is 1.46. The largest absolute Gasteiger partial charge is 0.478 e. The highest BCUT2D eigenvalue weighted by Gasteiger charge is 2.16. The predicted octanol–water partition coefficient (Wildman–Crippen LogP) is 1.50. The van der Waals surface area contributed by atoms with Crippen molar-refractivity contribution >= 4 is 6.29 Å². The molecule has 1 heterocycles. The van der Waals surface area contributed by atoms with Gasteiger partial charge in [-0.05, 0) is 13.0 Å². The molecule has 0 saturated carbocycles. The molecule has 1 aromatic carbocycles. The highest BCUT2D eigenvalue weighted by atomic mass is 16.5. The van der Waals surface area contributed by atoms with Gasteiger partial charge in [-0.1, -0.05) is 12.1 Å². The molecule has 0 aromatic heterocycles. The Balaban J connectivity index is 2.45. The van der Waals surface area contributed by atoms with E-state index in [0.29, 0.717) is 18.3 Å². The van der Waals surface area contributed by atoms with Crippen LogP contribution in [0.5, 0.6) is 5.75 Å². The molecular formula is C10H11NO2. The third-order valence-electron chi connectivity index (χ3n) is 2.26. The number of hydrogen-bond donors (Lipinski definition) is 1. The lowest BCUT2D eigenvalue weighted by atomic mass is 10.0. The molecule has 2 rings (SSSR count). The first-order valence-corrected chi connectivity index (χ1v) is 4.26. The van der Waals surface area contributed by atoms with Crippen LogP contribution in [0, 0.1) is 0 Å². The Morgan fingerprint density at radius 3 is 3.23 bits per heavy atom. The maximum absolute atomic E-state index is 10.5. The number of aldehydes is 1. The van der Waals surface area contributed by atoms with Gasteiger partial charge in [0.25, 0.3) is 0 Å². The van der Waals surface area contributed by atoms with Gasteiger partial charge in [-0.25, -0.2) is 0 Å². The van der Waals surface area contributed by atoms with Crippen LogP contribution >= 0.6 is 0 Å². The van der Waals surface area contributed by atoms with Crippen LogP contribution in [0.4, 0.5) is 0 Å². The van der Waals surface area contributed by atoms with Gasteiger partial charge in [0.05, 0.1) is 0 Å². The third kappa shape index (κ3) is 1.42. The zero-order chi connectivity index (χ0) is 9.26. The number of ether oxygens (including phenoxy) is 1. The van der Waals surface area contributed by atoms with Gasteiger partial charge in [-0.15, -0.1) is 0 Å². The van der Waals surface area contributed by atoms with Crippen molar-refractivity contribution in [3.63, 3.8) is 0 Å². The van der Waals surface area contributed by atoms with Crippen LogP contribution in [0.1, 0.15) is 28.9 Å². The highest BCUT2D eigenvalue weighted by Crippen LogP contribution is 2.28. The van der Waals surface area contributed by atoms with E-state index >= 15 is 0 Å². The van der Waals surface area contributed by atoms with Crippen molar-refractivity contribution in [1.82, 2.24) is 5.32 Å². The second-order valence-electron chi connectivity index (χ2n) is 3.13. The highest BCUT2D eigenvalue weighted by molar-refractivity contribution is 5.76. The van der Waals surface area contributed by atoms with Gasteiger partial charge >= 0.3 is 0 Å². The van der Waals surface area contributed by atoms with Crippen LogP contribution in [0.3, 0.4) is 0 Å². The Bertz CT molecular complexity index is 336. The van der Waals surface area contributed by atoms with Gasteiger partial charge in [0.15, 0.2) is 0 Å². The zero-order valence-corrected chi connectivity index (χ0v) is 7.41. The van der Waals surface area contributed by atoms with Gasteiger partial charge in [0.2, 0.25) is 0 Å². The summed E-state index contributed by atoms with van der Waals surface area (Å²) in [6.45, 7) is 2.58. The van der Waals surface area contributed by atoms with Gasteiger partial charge < -0.3 is 4.74 Å². The number of nitrogens with one attached hydrogen (secondary N) is 1. The summed E-state index contributed by atoms with van der Waals surface area (Å²) in [5.41, 5.74) is 1.77. The van der Waals surface area contributed by atoms with Crippen molar-refractivity contribution in [2.24, 2.45) is 0 Å². The van der Waals surface area contributed by atoms with E-state index in [9.17, 15) is 4.79 Å². The average Bonchev–Trinajstić information content (AvgIpc) is 2.18. The van der Waals surface area contributed by atoms with Gasteiger partial charge in [-0.3, -0.25) is 10.1 Å². The first kappa shape index (κ1) is 8.26. The number of hydrogen-bond acceptors (Lipinski definition) is 3. The first-order valence-electron chi connectivity index (χ1n) is 4.26. The number of fused-ring (bicyclic) bond motifs is 1. The summed E-state index contributed by atoms with van der Waals surface area (Å²) in [7, 11) is 0.